The standard InChI is InChI=1S/C18H19BrN2O3/c1-11-6-4-9-16(12(11)2)24-13(3)17(22)20-21-18(23)14-7-5-8-15(19)10-14/h4-10,13H,1-3H3,(H,20,22)(H,21,23)/t13-/m0/s1. The molecule has 0 aliphatic heterocycles. The van der Waals surface area contributed by atoms with E-state index in [9.17, 15) is 9.59 Å². The summed E-state index contributed by atoms with van der Waals surface area (Å²) in [5, 5.41) is 0. The molecule has 0 heterocycles. The first-order chi connectivity index (χ1) is 11.4. The minimum Gasteiger partial charge on any atom is -0.481 e. The third-order valence-corrected chi connectivity index (χ3v) is 4.11. The summed E-state index contributed by atoms with van der Waals surface area (Å²) in [6.45, 7) is 5.54. The molecule has 1 atom stereocenters. The summed E-state index contributed by atoms with van der Waals surface area (Å²) < 4.78 is 6.46. The molecule has 126 valence electrons. The Hall–Kier alpha value is -2.34. The lowest BCUT2D eigenvalue weighted by Crippen LogP contribution is -2.47. The van der Waals surface area contributed by atoms with Gasteiger partial charge in [0, 0.05) is 10.0 Å². The molecule has 0 radical (unpaired) electrons. The van der Waals surface area contributed by atoms with Crippen LogP contribution in [-0.2, 0) is 4.79 Å². The zero-order valence-corrected chi connectivity index (χ0v) is 15.3. The molecule has 2 aromatic carbocycles. The van der Waals surface area contributed by atoms with Crippen LogP contribution in [0.4, 0.5) is 0 Å². The second-order valence-corrected chi connectivity index (χ2v) is 6.33. The van der Waals surface area contributed by atoms with Gasteiger partial charge >= 0.3 is 0 Å². The van der Waals surface area contributed by atoms with E-state index >= 15 is 0 Å². The van der Waals surface area contributed by atoms with Gasteiger partial charge in [0.25, 0.3) is 11.8 Å². The van der Waals surface area contributed by atoms with Gasteiger partial charge in [-0.3, -0.25) is 20.4 Å². The number of halogens is 1. The topological polar surface area (TPSA) is 67.4 Å². The van der Waals surface area contributed by atoms with E-state index in [0.717, 1.165) is 15.6 Å². The van der Waals surface area contributed by atoms with Crippen molar-refractivity contribution < 1.29 is 14.3 Å². The van der Waals surface area contributed by atoms with Gasteiger partial charge in [0.1, 0.15) is 5.75 Å². The van der Waals surface area contributed by atoms with Crippen molar-refractivity contribution in [3.63, 3.8) is 0 Å². The number of hydrogen-bond acceptors (Lipinski definition) is 3. The van der Waals surface area contributed by atoms with E-state index in [2.05, 4.69) is 26.8 Å². The van der Waals surface area contributed by atoms with Crippen molar-refractivity contribution in [2.45, 2.75) is 26.9 Å². The molecule has 0 fully saturated rings. The number of carbonyl (C=O) groups is 2. The number of ether oxygens (including phenoxy) is 1. The Morgan fingerprint density at radius 2 is 1.79 bits per heavy atom. The molecule has 0 bridgehead atoms. The van der Waals surface area contributed by atoms with E-state index < -0.39 is 17.9 Å². The smallest absolute Gasteiger partial charge is 0.279 e. The van der Waals surface area contributed by atoms with Crippen LogP contribution in [0.3, 0.4) is 0 Å². The van der Waals surface area contributed by atoms with Crippen LogP contribution in [0.25, 0.3) is 0 Å². The Morgan fingerprint density at radius 1 is 1.08 bits per heavy atom. The lowest BCUT2D eigenvalue weighted by atomic mass is 10.1. The molecule has 2 aromatic rings. The van der Waals surface area contributed by atoms with Crippen LogP contribution >= 0.6 is 15.9 Å². The Morgan fingerprint density at radius 3 is 2.50 bits per heavy atom. The van der Waals surface area contributed by atoms with Gasteiger partial charge in [-0.25, -0.2) is 0 Å². The summed E-state index contributed by atoms with van der Waals surface area (Å²) in [4.78, 5) is 24.1. The van der Waals surface area contributed by atoms with Crippen molar-refractivity contribution in [2.24, 2.45) is 0 Å². The molecular weight excluding hydrogens is 372 g/mol. The Bertz CT molecular complexity index is 762. The molecule has 0 spiro atoms. The highest BCUT2D eigenvalue weighted by molar-refractivity contribution is 9.10. The van der Waals surface area contributed by atoms with Crippen LogP contribution in [-0.4, -0.2) is 17.9 Å². The van der Waals surface area contributed by atoms with Crippen molar-refractivity contribution in [3.8, 4) is 5.75 Å². The van der Waals surface area contributed by atoms with Gasteiger partial charge < -0.3 is 4.74 Å². The summed E-state index contributed by atoms with van der Waals surface area (Å²) >= 11 is 3.30. The quantitative estimate of drug-likeness (QED) is 0.786. The van der Waals surface area contributed by atoms with Gasteiger partial charge in [-0.15, -0.1) is 0 Å². The molecular formula is C18H19BrN2O3. The molecule has 0 aliphatic rings. The lowest BCUT2D eigenvalue weighted by molar-refractivity contribution is -0.128. The van der Waals surface area contributed by atoms with Gasteiger partial charge in [-0.1, -0.05) is 34.1 Å². The number of aryl methyl sites for hydroxylation is 1. The minimum atomic E-state index is -0.742. The number of nitrogens with one attached hydrogen (secondary N) is 2. The van der Waals surface area contributed by atoms with E-state index in [1.807, 2.05) is 38.1 Å². The summed E-state index contributed by atoms with van der Waals surface area (Å²) in [6.07, 6.45) is -0.742. The fraction of sp³-hybridized carbons (Fsp3) is 0.222. The first kappa shape index (κ1) is 18.0. The number of amides is 2. The molecule has 6 heteroatoms. The largest absolute Gasteiger partial charge is 0.481 e. The molecule has 2 N–H and O–H groups in total. The maximum absolute atomic E-state index is 12.1. The van der Waals surface area contributed by atoms with E-state index in [0.29, 0.717) is 11.3 Å². The van der Waals surface area contributed by atoms with Crippen molar-refractivity contribution in [3.05, 3.63) is 63.6 Å². The monoisotopic (exact) mass is 390 g/mol. The third kappa shape index (κ3) is 4.58. The van der Waals surface area contributed by atoms with E-state index in [1.165, 1.54) is 0 Å². The highest BCUT2D eigenvalue weighted by Crippen LogP contribution is 2.21. The van der Waals surface area contributed by atoms with Gasteiger partial charge in [0.05, 0.1) is 0 Å². The van der Waals surface area contributed by atoms with Crippen molar-refractivity contribution in [1.29, 1.82) is 0 Å². The van der Waals surface area contributed by atoms with Crippen molar-refractivity contribution in [2.75, 3.05) is 0 Å². The minimum absolute atomic E-state index is 0.399. The average molecular weight is 391 g/mol. The Labute approximate surface area is 149 Å². The fourth-order valence-corrected chi connectivity index (χ4v) is 2.42. The molecule has 0 saturated heterocycles. The molecule has 2 rings (SSSR count). The Balaban J connectivity index is 1.92. The fourth-order valence-electron chi connectivity index (χ4n) is 2.02. The molecule has 0 aliphatic carbocycles. The van der Waals surface area contributed by atoms with Crippen LogP contribution in [0.15, 0.2) is 46.9 Å². The Kier molecular flexibility index (Phi) is 5.98. The van der Waals surface area contributed by atoms with Crippen LogP contribution in [0, 0.1) is 13.8 Å². The molecule has 0 aromatic heterocycles. The van der Waals surface area contributed by atoms with Crippen LogP contribution in [0.2, 0.25) is 0 Å². The van der Waals surface area contributed by atoms with Crippen molar-refractivity contribution in [1.82, 2.24) is 10.9 Å². The third-order valence-electron chi connectivity index (χ3n) is 3.61. The molecule has 0 unspecified atom stereocenters. The number of benzene rings is 2. The second kappa shape index (κ2) is 7.97. The highest BCUT2D eigenvalue weighted by Gasteiger charge is 2.17. The van der Waals surface area contributed by atoms with Crippen molar-refractivity contribution >= 4 is 27.7 Å². The summed E-state index contributed by atoms with van der Waals surface area (Å²) in [5.41, 5.74) is 7.26. The molecule has 0 saturated carbocycles. The molecule has 2 amide bonds. The predicted molar refractivity (Wildman–Crippen MR) is 95.8 cm³/mol. The average Bonchev–Trinajstić information content (AvgIpc) is 2.56. The SMILES string of the molecule is Cc1cccc(O[C@@H](C)C(=O)NNC(=O)c2cccc(Br)c2)c1C. The zero-order valence-electron chi connectivity index (χ0n) is 13.7. The van der Waals surface area contributed by atoms with Gasteiger partial charge in [-0.05, 0) is 56.2 Å². The summed E-state index contributed by atoms with van der Waals surface area (Å²) in [5.74, 6) is -0.182. The molecule has 24 heavy (non-hydrogen) atoms. The van der Waals surface area contributed by atoms with Crippen LogP contribution in [0.5, 0.6) is 5.75 Å². The normalized spacial score (nSPS) is 11.5. The first-order valence-electron chi connectivity index (χ1n) is 7.47. The number of hydrazine groups is 1. The van der Waals surface area contributed by atoms with E-state index in [4.69, 9.17) is 4.74 Å². The molecule has 5 nitrogen and oxygen atoms in total. The number of hydrogen-bond donors (Lipinski definition) is 2. The van der Waals surface area contributed by atoms with Crippen LogP contribution in [0.1, 0.15) is 28.4 Å². The van der Waals surface area contributed by atoms with E-state index in [-0.39, 0.29) is 0 Å². The first-order valence-corrected chi connectivity index (χ1v) is 8.26. The summed E-state index contributed by atoms with van der Waals surface area (Å²) in [7, 11) is 0. The predicted octanol–water partition coefficient (Wildman–Crippen LogP) is 3.29. The van der Waals surface area contributed by atoms with Crippen LogP contribution < -0.4 is 15.6 Å². The summed E-state index contributed by atoms with van der Waals surface area (Å²) in [6, 6.07) is 12.5. The maximum Gasteiger partial charge on any atom is 0.279 e. The number of carbonyl (C=O) groups excluding carboxylic acids is 2. The second-order valence-electron chi connectivity index (χ2n) is 5.41. The van der Waals surface area contributed by atoms with E-state index in [1.54, 1.807) is 25.1 Å². The lowest BCUT2D eigenvalue weighted by Gasteiger charge is -2.17. The zero-order chi connectivity index (χ0) is 17.7. The highest BCUT2D eigenvalue weighted by atomic mass is 79.9. The number of rotatable bonds is 4. The van der Waals surface area contributed by atoms with Gasteiger partial charge in [-0.2, -0.15) is 0 Å². The van der Waals surface area contributed by atoms with Gasteiger partial charge in [0.2, 0.25) is 0 Å². The van der Waals surface area contributed by atoms with Gasteiger partial charge in [0.15, 0.2) is 6.10 Å². The maximum atomic E-state index is 12.1.